The van der Waals surface area contributed by atoms with Gasteiger partial charge in [0.2, 0.25) is 5.91 Å². The molecular weight excluding hydrogens is 552 g/mol. The van der Waals surface area contributed by atoms with E-state index in [1.165, 1.54) is 0 Å². The number of H-pyrrole nitrogens is 1. The van der Waals surface area contributed by atoms with Crippen LogP contribution >= 0.6 is 31.9 Å². The predicted octanol–water partition coefficient (Wildman–Crippen LogP) is 6.03. The van der Waals surface area contributed by atoms with Gasteiger partial charge in [-0.05, 0) is 62.7 Å². The average Bonchev–Trinajstić information content (AvgIpc) is 3.30. The summed E-state index contributed by atoms with van der Waals surface area (Å²) in [4.78, 5) is 29.0. The van der Waals surface area contributed by atoms with Crippen molar-refractivity contribution in [2.45, 2.75) is 32.2 Å². The third kappa shape index (κ3) is 5.42. The Balaban J connectivity index is 1.63. The van der Waals surface area contributed by atoms with Gasteiger partial charge < -0.3 is 15.0 Å². The smallest absolute Gasteiger partial charge is 0.407 e. The van der Waals surface area contributed by atoms with Gasteiger partial charge in [0.25, 0.3) is 0 Å². The Hall–Kier alpha value is -2.78. The average molecular weight is 576 g/mol. The summed E-state index contributed by atoms with van der Waals surface area (Å²) < 4.78 is 9.03. The summed E-state index contributed by atoms with van der Waals surface area (Å²) in [5.41, 5.74) is 4.99. The molecule has 9 heteroatoms. The number of hydrogen-bond acceptors (Lipinski definition) is 3. The topological polar surface area (TPSA) is 88.1 Å². The summed E-state index contributed by atoms with van der Waals surface area (Å²) in [5.74, 6) is -1.01. The minimum atomic E-state index is -0.724. The van der Waals surface area contributed by atoms with Crippen LogP contribution in [0.15, 0.2) is 63.8 Å². The molecule has 0 aliphatic carbocycles. The molecule has 7 nitrogen and oxygen atoms in total. The van der Waals surface area contributed by atoms with Crippen molar-refractivity contribution >= 4 is 65.7 Å². The van der Waals surface area contributed by atoms with Crippen molar-refractivity contribution in [3.8, 4) is 0 Å². The molecule has 2 amide bonds. The first-order valence-electron chi connectivity index (χ1n) is 10.4. The largest absolute Gasteiger partial charge is 0.448 e. The highest BCUT2D eigenvalue weighted by Gasteiger charge is 2.27. The van der Waals surface area contributed by atoms with Crippen LogP contribution in [0.3, 0.4) is 0 Å². The Morgan fingerprint density at radius 2 is 1.82 bits per heavy atom. The molecule has 0 spiro atoms. The summed E-state index contributed by atoms with van der Waals surface area (Å²) in [7, 11) is 0. The zero-order valence-corrected chi connectivity index (χ0v) is 21.6. The van der Waals surface area contributed by atoms with Gasteiger partial charge >= 0.3 is 6.09 Å². The third-order valence-corrected chi connectivity index (χ3v) is 6.10. The highest BCUT2D eigenvalue weighted by molar-refractivity contribution is 9.10. The summed E-state index contributed by atoms with van der Waals surface area (Å²) in [6.45, 7) is 5.49. The lowest BCUT2D eigenvalue weighted by atomic mass is 9.98. The van der Waals surface area contributed by atoms with E-state index in [0.29, 0.717) is 0 Å². The SMILES string of the molecule is CC(C)(C)NC(=O)OCC(C(=O)Nn1ccc2cc(Br)ccc21)c1c[nH]c2cc(Br)ccc12. The first kappa shape index (κ1) is 23.4. The van der Waals surface area contributed by atoms with Crippen LogP contribution in [0.1, 0.15) is 32.3 Å². The number of ether oxygens (including phenoxy) is 1. The molecule has 0 aliphatic heterocycles. The van der Waals surface area contributed by atoms with Gasteiger partial charge in [0.1, 0.15) is 12.5 Å². The second-order valence-corrected chi connectivity index (χ2v) is 10.7. The molecule has 1 atom stereocenters. The van der Waals surface area contributed by atoms with Crippen molar-refractivity contribution < 1.29 is 14.3 Å². The van der Waals surface area contributed by atoms with Gasteiger partial charge in [-0.25, -0.2) is 4.79 Å². The molecule has 0 radical (unpaired) electrons. The number of aromatic nitrogens is 2. The number of amides is 2. The third-order valence-electron chi connectivity index (χ3n) is 5.11. The van der Waals surface area contributed by atoms with Crippen LogP contribution in [0.25, 0.3) is 21.8 Å². The van der Waals surface area contributed by atoms with Crippen molar-refractivity contribution in [3.63, 3.8) is 0 Å². The normalized spacial score (nSPS) is 12.6. The van der Waals surface area contributed by atoms with E-state index in [-0.39, 0.29) is 12.5 Å². The van der Waals surface area contributed by atoms with Crippen LogP contribution in [0.5, 0.6) is 0 Å². The van der Waals surface area contributed by atoms with Crippen LogP contribution < -0.4 is 10.7 Å². The summed E-state index contributed by atoms with van der Waals surface area (Å²) >= 11 is 6.94. The maximum atomic E-state index is 13.5. The number of fused-ring (bicyclic) bond motifs is 2. The lowest BCUT2D eigenvalue weighted by molar-refractivity contribution is -0.119. The van der Waals surface area contributed by atoms with Gasteiger partial charge in [0.05, 0.1) is 5.52 Å². The number of hydrogen-bond donors (Lipinski definition) is 3. The molecule has 0 saturated carbocycles. The number of aromatic amines is 1. The fraction of sp³-hybridized carbons (Fsp3) is 0.250. The minimum absolute atomic E-state index is 0.110. The maximum absolute atomic E-state index is 13.5. The van der Waals surface area contributed by atoms with E-state index in [1.807, 2.05) is 63.2 Å². The van der Waals surface area contributed by atoms with Crippen molar-refractivity contribution in [1.82, 2.24) is 15.0 Å². The minimum Gasteiger partial charge on any atom is -0.448 e. The number of rotatable bonds is 5. The van der Waals surface area contributed by atoms with E-state index in [1.54, 1.807) is 17.1 Å². The second kappa shape index (κ2) is 9.23. The summed E-state index contributed by atoms with van der Waals surface area (Å²) in [5, 5.41) is 4.64. The van der Waals surface area contributed by atoms with Crippen molar-refractivity contribution in [2.24, 2.45) is 0 Å². The van der Waals surface area contributed by atoms with E-state index in [2.05, 4.69) is 47.6 Å². The molecule has 4 aromatic rings. The van der Waals surface area contributed by atoms with Crippen molar-refractivity contribution in [1.29, 1.82) is 0 Å². The maximum Gasteiger partial charge on any atom is 0.407 e. The van der Waals surface area contributed by atoms with Crippen molar-refractivity contribution in [3.05, 3.63) is 69.4 Å². The number of carbonyl (C=O) groups is 2. The Morgan fingerprint density at radius 1 is 1.09 bits per heavy atom. The first-order valence-corrected chi connectivity index (χ1v) is 12.0. The molecule has 33 heavy (non-hydrogen) atoms. The summed E-state index contributed by atoms with van der Waals surface area (Å²) in [6.07, 6.45) is 3.02. The number of nitrogens with zero attached hydrogens (tertiary/aromatic N) is 1. The lowest BCUT2D eigenvalue weighted by Gasteiger charge is -2.22. The standard InChI is InChI=1S/C24H24Br2N4O3/c1-24(2,3)28-23(32)33-13-19(18-12-27-20-11-16(26)4-6-17(18)20)22(31)29-30-9-8-14-10-15(25)5-7-21(14)30/h4-12,19,27H,13H2,1-3H3,(H,28,32)(H,29,31). The zero-order chi connectivity index (χ0) is 23.8. The number of halogens is 2. The fourth-order valence-corrected chi connectivity index (χ4v) is 4.36. The first-order chi connectivity index (χ1) is 15.6. The van der Waals surface area contributed by atoms with Crippen LogP contribution in [0, 0.1) is 0 Å². The van der Waals surface area contributed by atoms with Crippen LogP contribution in [-0.4, -0.2) is 33.8 Å². The van der Waals surface area contributed by atoms with Gasteiger partial charge in [-0.1, -0.05) is 37.9 Å². The highest BCUT2D eigenvalue weighted by atomic mass is 79.9. The Bertz CT molecular complexity index is 1340. The Morgan fingerprint density at radius 3 is 2.58 bits per heavy atom. The van der Waals surface area contributed by atoms with E-state index >= 15 is 0 Å². The highest BCUT2D eigenvalue weighted by Crippen LogP contribution is 2.29. The molecular formula is C24H24Br2N4O3. The molecule has 4 rings (SSSR count). The molecule has 2 aromatic heterocycles. The quantitative estimate of drug-likeness (QED) is 0.272. The van der Waals surface area contributed by atoms with E-state index in [4.69, 9.17) is 4.74 Å². The van der Waals surface area contributed by atoms with Crippen LogP contribution in [0.4, 0.5) is 4.79 Å². The number of benzene rings is 2. The second-order valence-electron chi connectivity index (χ2n) is 8.82. The van der Waals surface area contributed by atoms with Crippen LogP contribution in [0.2, 0.25) is 0 Å². The van der Waals surface area contributed by atoms with E-state index < -0.39 is 17.6 Å². The summed E-state index contributed by atoms with van der Waals surface area (Å²) in [6, 6.07) is 13.5. The molecule has 0 aliphatic rings. The van der Waals surface area contributed by atoms with Gasteiger partial charge in [0, 0.05) is 43.2 Å². The Labute approximate surface area is 208 Å². The van der Waals surface area contributed by atoms with Crippen molar-refractivity contribution in [2.75, 3.05) is 12.0 Å². The predicted molar refractivity (Wildman–Crippen MR) is 137 cm³/mol. The fourth-order valence-electron chi connectivity index (χ4n) is 3.62. The molecule has 0 fully saturated rings. The van der Waals surface area contributed by atoms with E-state index in [0.717, 1.165) is 36.3 Å². The van der Waals surface area contributed by atoms with Crippen LogP contribution in [-0.2, 0) is 9.53 Å². The Kier molecular flexibility index (Phi) is 6.54. The zero-order valence-electron chi connectivity index (χ0n) is 18.4. The molecule has 172 valence electrons. The monoisotopic (exact) mass is 574 g/mol. The molecule has 3 N–H and O–H groups in total. The number of carbonyl (C=O) groups excluding carboxylic acids is 2. The van der Waals surface area contributed by atoms with Gasteiger partial charge in [-0.2, -0.15) is 0 Å². The number of nitrogens with one attached hydrogen (secondary N) is 3. The van der Waals surface area contributed by atoms with E-state index in [9.17, 15) is 9.59 Å². The molecule has 0 bridgehead atoms. The van der Waals surface area contributed by atoms with Gasteiger partial charge in [0.15, 0.2) is 0 Å². The molecule has 1 unspecified atom stereocenters. The van der Waals surface area contributed by atoms with Gasteiger partial charge in [-0.3, -0.25) is 14.9 Å². The molecule has 2 aromatic carbocycles. The molecule has 0 saturated heterocycles. The van der Waals surface area contributed by atoms with Gasteiger partial charge in [-0.15, -0.1) is 0 Å². The number of alkyl carbamates (subject to hydrolysis) is 1. The molecule has 2 heterocycles. The lowest BCUT2D eigenvalue weighted by Crippen LogP contribution is -2.42.